The first-order chi connectivity index (χ1) is 9.99. The molecule has 1 aromatic carbocycles. The van der Waals surface area contributed by atoms with Gasteiger partial charge < -0.3 is 15.8 Å². The molecule has 0 bridgehead atoms. The van der Waals surface area contributed by atoms with Crippen LogP contribution in [0.3, 0.4) is 0 Å². The van der Waals surface area contributed by atoms with E-state index in [-0.39, 0.29) is 5.91 Å². The molecule has 0 unspecified atom stereocenters. The zero-order valence-electron chi connectivity index (χ0n) is 11.8. The number of aryl methyl sites for hydroxylation is 1. The second-order valence-electron chi connectivity index (χ2n) is 4.44. The van der Waals surface area contributed by atoms with Gasteiger partial charge in [0, 0.05) is 21.8 Å². The minimum atomic E-state index is -0.280. The Hall–Kier alpha value is -2.08. The van der Waals surface area contributed by atoms with Crippen molar-refractivity contribution in [1.82, 2.24) is 4.98 Å². The third kappa shape index (κ3) is 3.95. The number of halogens is 1. The third-order valence-corrected chi connectivity index (χ3v) is 3.60. The predicted molar refractivity (Wildman–Crippen MR) is 86.7 cm³/mol. The first-order valence-corrected chi connectivity index (χ1v) is 7.26. The minimum absolute atomic E-state index is 0.280. The predicted octanol–water partition coefficient (Wildman–Crippen LogP) is 3.39. The van der Waals surface area contributed by atoms with E-state index in [1.54, 1.807) is 24.3 Å². The second-order valence-corrected chi connectivity index (χ2v) is 5.30. The highest BCUT2D eigenvalue weighted by Gasteiger charge is 2.10. The topological polar surface area (TPSA) is 77.2 Å². The largest absolute Gasteiger partial charge is 0.494 e. The molecule has 21 heavy (non-hydrogen) atoms. The zero-order valence-corrected chi connectivity index (χ0v) is 13.4. The van der Waals surface area contributed by atoms with Crippen molar-refractivity contribution in [2.24, 2.45) is 0 Å². The van der Waals surface area contributed by atoms with Gasteiger partial charge in [0.2, 0.25) is 0 Å². The number of hydrogen-bond acceptors (Lipinski definition) is 4. The Bertz CT molecular complexity index is 674. The highest BCUT2D eigenvalue weighted by Crippen LogP contribution is 2.21. The number of amides is 1. The first kappa shape index (κ1) is 15.3. The van der Waals surface area contributed by atoms with E-state index in [0.29, 0.717) is 29.4 Å². The Labute approximate surface area is 131 Å². The van der Waals surface area contributed by atoms with E-state index in [0.717, 1.165) is 10.2 Å². The van der Waals surface area contributed by atoms with E-state index < -0.39 is 0 Å². The standard InChI is InChI=1S/C15H16BrN3O2/c1-3-21-12-7-10(6-11(17)8-12)15(20)19-14-5-4-13(16)9(2)18-14/h4-8H,3,17H2,1-2H3,(H,18,19,20). The molecule has 1 aromatic heterocycles. The Morgan fingerprint density at radius 1 is 1.38 bits per heavy atom. The maximum absolute atomic E-state index is 12.2. The Morgan fingerprint density at radius 2 is 2.14 bits per heavy atom. The van der Waals surface area contributed by atoms with E-state index in [1.807, 2.05) is 19.9 Å². The van der Waals surface area contributed by atoms with Gasteiger partial charge in [-0.1, -0.05) is 0 Å². The molecular weight excluding hydrogens is 334 g/mol. The highest BCUT2D eigenvalue weighted by molar-refractivity contribution is 9.10. The minimum Gasteiger partial charge on any atom is -0.494 e. The fraction of sp³-hybridized carbons (Fsp3) is 0.200. The fourth-order valence-electron chi connectivity index (χ4n) is 1.81. The van der Waals surface area contributed by atoms with Crippen LogP contribution >= 0.6 is 15.9 Å². The summed E-state index contributed by atoms with van der Waals surface area (Å²) >= 11 is 3.37. The van der Waals surface area contributed by atoms with Gasteiger partial charge in [0.1, 0.15) is 11.6 Å². The van der Waals surface area contributed by atoms with E-state index in [1.165, 1.54) is 0 Å². The summed E-state index contributed by atoms with van der Waals surface area (Å²) in [5, 5.41) is 2.74. The number of nitrogen functional groups attached to an aromatic ring is 1. The summed E-state index contributed by atoms with van der Waals surface area (Å²) < 4.78 is 6.27. The van der Waals surface area contributed by atoms with Crippen LogP contribution in [0.5, 0.6) is 5.75 Å². The number of nitrogens with zero attached hydrogens (tertiary/aromatic N) is 1. The Kier molecular flexibility index (Phi) is 4.80. The van der Waals surface area contributed by atoms with Crippen molar-refractivity contribution < 1.29 is 9.53 Å². The molecular formula is C15H16BrN3O2. The van der Waals surface area contributed by atoms with Gasteiger partial charge in [0.05, 0.1) is 12.3 Å². The number of rotatable bonds is 4. The van der Waals surface area contributed by atoms with Gasteiger partial charge in [0.25, 0.3) is 5.91 Å². The molecule has 0 saturated heterocycles. The molecule has 0 aliphatic heterocycles. The van der Waals surface area contributed by atoms with Gasteiger partial charge in [-0.25, -0.2) is 4.98 Å². The molecule has 110 valence electrons. The van der Waals surface area contributed by atoms with Crippen LogP contribution in [0.1, 0.15) is 23.0 Å². The monoisotopic (exact) mass is 349 g/mol. The van der Waals surface area contributed by atoms with Crippen molar-refractivity contribution in [3.63, 3.8) is 0 Å². The van der Waals surface area contributed by atoms with Gasteiger partial charge in [-0.2, -0.15) is 0 Å². The van der Waals surface area contributed by atoms with Crippen LogP contribution in [0.4, 0.5) is 11.5 Å². The summed E-state index contributed by atoms with van der Waals surface area (Å²) in [5.74, 6) is 0.779. The molecule has 0 atom stereocenters. The summed E-state index contributed by atoms with van der Waals surface area (Å²) in [6.07, 6.45) is 0. The van der Waals surface area contributed by atoms with E-state index in [4.69, 9.17) is 10.5 Å². The summed E-state index contributed by atoms with van der Waals surface area (Å²) in [6.45, 7) is 4.24. The van der Waals surface area contributed by atoms with Crippen molar-refractivity contribution >= 4 is 33.3 Å². The molecule has 5 nitrogen and oxygen atoms in total. The number of ether oxygens (including phenoxy) is 1. The summed E-state index contributed by atoms with van der Waals surface area (Å²) in [6, 6.07) is 8.50. The molecule has 0 fully saturated rings. The molecule has 0 radical (unpaired) electrons. The van der Waals surface area contributed by atoms with Crippen LogP contribution in [-0.2, 0) is 0 Å². The van der Waals surface area contributed by atoms with Crippen molar-refractivity contribution in [1.29, 1.82) is 0 Å². The lowest BCUT2D eigenvalue weighted by Crippen LogP contribution is -2.14. The van der Waals surface area contributed by atoms with E-state index in [2.05, 4.69) is 26.2 Å². The molecule has 1 heterocycles. The Balaban J connectivity index is 2.21. The molecule has 0 aliphatic rings. The summed E-state index contributed by atoms with van der Waals surface area (Å²) in [5.41, 5.74) is 7.49. The van der Waals surface area contributed by atoms with Crippen molar-refractivity contribution in [2.75, 3.05) is 17.7 Å². The normalized spacial score (nSPS) is 10.2. The van der Waals surface area contributed by atoms with Crippen LogP contribution in [0.25, 0.3) is 0 Å². The number of carbonyl (C=O) groups excluding carboxylic acids is 1. The number of nitrogens with one attached hydrogen (secondary N) is 1. The van der Waals surface area contributed by atoms with Gasteiger partial charge >= 0.3 is 0 Å². The van der Waals surface area contributed by atoms with Crippen LogP contribution < -0.4 is 15.8 Å². The van der Waals surface area contributed by atoms with E-state index in [9.17, 15) is 4.79 Å². The highest BCUT2D eigenvalue weighted by atomic mass is 79.9. The second kappa shape index (κ2) is 6.58. The molecule has 1 amide bonds. The number of anilines is 2. The number of aromatic nitrogens is 1. The molecule has 0 aliphatic carbocycles. The van der Waals surface area contributed by atoms with Crippen LogP contribution in [0, 0.1) is 6.92 Å². The SMILES string of the molecule is CCOc1cc(N)cc(C(=O)Nc2ccc(Br)c(C)n2)c1. The quantitative estimate of drug-likeness (QED) is 0.829. The van der Waals surface area contributed by atoms with Gasteiger partial charge in [-0.05, 0) is 54.0 Å². The van der Waals surface area contributed by atoms with Crippen molar-refractivity contribution in [3.8, 4) is 5.75 Å². The van der Waals surface area contributed by atoms with Crippen LogP contribution in [0.2, 0.25) is 0 Å². The summed E-state index contributed by atoms with van der Waals surface area (Å²) in [7, 11) is 0. The lowest BCUT2D eigenvalue weighted by molar-refractivity contribution is 0.102. The van der Waals surface area contributed by atoms with Crippen LogP contribution in [-0.4, -0.2) is 17.5 Å². The fourth-order valence-corrected chi connectivity index (χ4v) is 2.03. The maximum atomic E-state index is 12.2. The molecule has 2 aromatic rings. The van der Waals surface area contributed by atoms with Gasteiger partial charge in [0.15, 0.2) is 0 Å². The number of pyridine rings is 1. The molecule has 6 heteroatoms. The Morgan fingerprint density at radius 3 is 2.81 bits per heavy atom. The molecule has 2 rings (SSSR count). The lowest BCUT2D eigenvalue weighted by Gasteiger charge is -2.09. The van der Waals surface area contributed by atoms with E-state index >= 15 is 0 Å². The lowest BCUT2D eigenvalue weighted by atomic mass is 10.1. The average molecular weight is 350 g/mol. The smallest absolute Gasteiger partial charge is 0.257 e. The van der Waals surface area contributed by atoms with Crippen molar-refractivity contribution in [3.05, 3.63) is 46.1 Å². The number of carbonyl (C=O) groups is 1. The number of nitrogens with two attached hydrogens (primary N) is 1. The third-order valence-electron chi connectivity index (χ3n) is 2.76. The van der Waals surface area contributed by atoms with Crippen LogP contribution in [0.15, 0.2) is 34.8 Å². The molecule has 3 N–H and O–H groups in total. The maximum Gasteiger partial charge on any atom is 0.257 e. The average Bonchev–Trinajstić information content (AvgIpc) is 2.42. The van der Waals surface area contributed by atoms with Gasteiger partial charge in [-0.3, -0.25) is 4.79 Å². The first-order valence-electron chi connectivity index (χ1n) is 6.47. The summed E-state index contributed by atoms with van der Waals surface area (Å²) in [4.78, 5) is 16.5. The number of hydrogen-bond donors (Lipinski definition) is 2. The van der Waals surface area contributed by atoms with Crippen molar-refractivity contribution in [2.45, 2.75) is 13.8 Å². The molecule has 0 spiro atoms. The number of benzene rings is 1. The van der Waals surface area contributed by atoms with Gasteiger partial charge in [-0.15, -0.1) is 0 Å². The molecule has 0 saturated carbocycles. The zero-order chi connectivity index (χ0) is 15.4.